The van der Waals surface area contributed by atoms with E-state index in [9.17, 15) is 0 Å². The van der Waals surface area contributed by atoms with E-state index in [-0.39, 0.29) is 28.5 Å². The van der Waals surface area contributed by atoms with Crippen molar-refractivity contribution >= 4 is 85.2 Å². The van der Waals surface area contributed by atoms with Gasteiger partial charge in [-0.15, -0.1) is 0 Å². The Kier molecular flexibility index (Phi) is 12.7. The molecule has 0 fully saturated rings. The first-order chi connectivity index (χ1) is 39.5. The number of nitrogens with zero attached hydrogens (tertiary/aromatic N) is 3. The van der Waals surface area contributed by atoms with Crippen molar-refractivity contribution in [3.63, 3.8) is 0 Å². The Balaban J connectivity index is 1.20. The molecule has 0 bridgehead atoms. The van der Waals surface area contributed by atoms with Crippen molar-refractivity contribution in [2.75, 3.05) is 14.6 Å². The molecule has 2 aliphatic rings. The molecule has 0 saturated carbocycles. The van der Waals surface area contributed by atoms with Crippen molar-refractivity contribution in [2.24, 2.45) is 0 Å². The minimum atomic E-state index is -0.317. The molecule has 10 aromatic carbocycles. The molecule has 412 valence electrons. The number of furan rings is 1. The van der Waals surface area contributed by atoms with Gasteiger partial charge in [0.2, 0.25) is 0 Å². The van der Waals surface area contributed by atoms with Crippen LogP contribution in [0.1, 0.15) is 116 Å². The van der Waals surface area contributed by atoms with E-state index >= 15 is 0 Å². The van der Waals surface area contributed by atoms with Crippen molar-refractivity contribution in [1.29, 1.82) is 0 Å². The standard InChI is InChI=1S/C78H76BN3O/c1-49-23-20-24-50(2)71(49)52-43-65-62-39-40-63-61-31-18-19-32-70(61)83-74(63)73(62)82(57-36-33-53(34-37-57)75(3,4)5)79-66-48-60(80(58-29-21-27-54(45-58)76(6,7)8)59-30-22-28-55(46-59)77(9,10)11)38-42-68(66)81(69(44-52)72(65)79)67-41-35-56(78(12,13)14)47-64(67)51-25-16-15-17-26-51/h15-48H,1-14H3. The molecule has 0 spiro atoms. The third-order valence-corrected chi connectivity index (χ3v) is 17.7. The normalized spacial score (nSPS) is 13.3. The van der Waals surface area contributed by atoms with E-state index in [1.165, 1.54) is 72.1 Å². The molecule has 0 saturated heterocycles. The third kappa shape index (κ3) is 9.24. The van der Waals surface area contributed by atoms with Gasteiger partial charge in [-0.3, -0.25) is 0 Å². The molecule has 0 unspecified atom stereocenters. The summed E-state index contributed by atoms with van der Waals surface area (Å²) in [5.74, 6) is 0. The van der Waals surface area contributed by atoms with Gasteiger partial charge < -0.3 is 19.0 Å². The number of hydrogen-bond donors (Lipinski definition) is 0. The number of benzene rings is 10. The quantitative estimate of drug-likeness (QED) is 0.148. The summed E-state index contributed by atoms with van der Waals surface area (Å²) >= 11 is 0. The first-order valence-corrected chi connectivity index (χ1v) is 29.8. The highest BCUT2D eigenvalue weighted by atomic mass is 16.3. The summed E-state index contributed by atoms with van der Waals surface area (Å²) in [7, 11) is 0. The van der Waals surface area contributed by atoms with Crippen LogP contribution in [0.3, 0.4) is 0 Å². The lowest BCUT2D eigenvalue weighted by Gasteiger charge is -2.46. The van der Waals surface area contributed by atoms with Crippen LogP contribution in [0.25, 0.3) is 55.3 Å². The molecule has 11 aromatic rings. The fraction of sp³-hybridized carbons (Fsp3) is 0.231. The first kappa shape index (κ1) is 53.8. The summed E-state index contributed by atoms with van der Waals surface area (Å²) in [5, 5.41) is 2.21. The zero-order valence-corrected chi connectivity index (χ0v) is 51.0. The number of anilines is 8. The van der Waals surface area contributed by atoms with Crippen LogP contribution in [0.4, 0.5) is 45.5 Å². The Hall–Kier alpha value is -8.54. The maximum Gasteiger partial charge on any atom is 0.333 e. The Morgan fingerprint density at radius 3 is 1.60 bits per heavy atom. The summed E-state index contributed by atoms with van der Waals surface area (Å²) in [4.78, 5) is 7.76. The van der Waals surface area contributed by atoms with Crippen LogP contribution < -0.4 is 25.5 Å². The number of aryl methyl sites for hydroxylation is 2. The van der Waals surface area contributed by atoms with Crippen LogP contribution >= 0.6 is 0 Å². The zero-order chi connectivity index (χ0) is 58.1. The topological polar surface area (TPSA) is 22.9 Å². The Bertz CT molecular complexity index is 4270. The second-order valence-corrected chi connectivity index (χ2v) is 27.6. The van der Waals surface area contributed by atoms with Crippen molar-refractivity contribution in [1.82, 2.24) is 0 Å². The summed E-state index contributed by atoms with van der Waals surface area (Å²) in [6.45, 7) is 31.9. The van der Waals surface area contributed by atoms with E-state index in [4.69, 9.17) is 4.42 Å². The van der Waals surface area contributed by atoms with E-state index < -0.39 is 0 Å². The van der Waals surface area contributed by atoms with E-state index in [1.807, 2.05) is 0 Å². The molecule has 83 heavy (non-hydrogen) atoms. The first-order valence-electron chi connectivity index (χ1n) is 29.8. The number of fused-ring (bicyclic) bond motifs is 8. The largest absolute Gasteiger partial charge is 0.454 e. The van der Waals surface area contributed by atoms with Gasteiger partial charge in [0.05, 0.1) is 11.4 Å². The van der Waals surface area contributed by atoms with Crippen molar-refractivity contribution in [2.45, 2.75) is 119 Å². The van der Waals surface area contributed by atoms with Crippen LogP contribution in [0.5, 0.6) is 0 Å². The average molecular weight is 1080 g/mol. The molecule has 2 aliphatic heterocycles. The molecule has 0 amide bonds. The van der Waals surface area contributed by atoms with E-state index in [0.717, 1.165) is 73.0 Å². The molecule has 0 N–H and O–H groups in total. The van der Waals surface area contributed by atoms with Gasteiger partial charge in [-0.2, -0.15) is 0 Å². The Morgan fingerprint density at radius 2 is 0.964 bits per heavy atom. The lowest BCUT2D eigenvalue weighted by Crippen LogP contribution is -2.61. The van der Waals surface area contributed by atoms with Gasteiger partial charge in [0, 0.05) is 56.0 Å². The van der Waals surface area contributed by atoms with E-state index in [1.54, 1.807) is 0 Å². The van der Waals surface area contributed by atoms with E-state index in [2.05, 4.69) is 318 Å². The number of rotatable bonds is 7. The van der Waals surface area contributed by atoms with Gasteiger partial charge in [-0.1, -0.05) is 198 Å². The summed E-state index contributed by atoms with van der Waals surface area (Å²) in [6.07, 6.45) is 0. The molecule has 1 aromatic heterocycles. The Morgan fingerprint density at radius 1 is 0.398 bits per heavy atom. The van der Waals surface area contributed by atoms with Crippen LogP contribution in [-0.4, -0.2) is 6.85 Å². The zero-order valence-electron chi connectivity index (χ0n) is 51.0. The molecule has 13 rings (SSSR count). The monoisotopic (exact) mass is 1080 g/mol. The lowest BCUT2D eigenvalue weighted by molar-refractivity contribution is 0.590. The average Bonchev–Trinajstić information content (AvgIpc) is 2.28. The third-order valence-electron chi connectivity index (χ3n) is 17.7. The van der Waals surface area contributed by atoms with Gasteiger partial charge >= 0.3 is 6.85 Å². The fourth-order valence-electron chi connectivity index (χ4n) is 13.1. The van der Waals surface area contributed by atoms with Crippen LogP contribution in [0.15, 0.2) is 211 Å². The van der Waals surface area contributed by atoms with Gasteiger partial charge in [0.15, 0.2) is 5.58 Å². The predicted octanol–water partition coefficient (Wildman–Crippen LogP) is 20.9. The van der Waals surface area contributed by atoms with Crippen LogP contribution in [0.2, 0.25) is 0 Å². The number of para-hydroxylation sites is 1. The summed E-state index contributed by atoms with van der Waals surface area (Å²) < 4.78 is 7.27. The smallest absolute Gasteiger partial charge is 0.333 e. The highest BCUT2D eigenvalue weighted by Gasteiger charge is 2.47. The minimum Gasteiger partial charge on any atom is -0.454 e. The molecular formula is C78H76BN3O. The SMILES string of the molecule is Cc1cccc(C)c1-c1cc2c3c(c1)N(c1ccc(C(C)(C)C)cc1-c1ccccc1)c1ccc(N(c4cccc(C(C)(C)C)c4)c4cccc(C(C)(C)C)c4)cc1B3N(c1ccc(C(C)(C)C)cc1)c1c-2ccc2c1oc1ccccc12. The molecule has 3 heterocycles. The molecule has 0 radical (unpaired) electrons. The van der Waals surface area contributed by atoms with Crippen molar-refractivity contribution < 1.29 is 4.42 Å². The van der Waals surface area contributed by atoms with Crippen molar-refractivity contribution in [3.05, 3.63) is 240 Å². The molecular weight excluding hydrogens is 1010 g/mol. The molecule has 5 heteroatoms. The van der Waals surface area contributed by atoms with E-state index in [0.29, 0.717) is 0 Å². The molecule has 0 aliphatic carbocycles. The second-order valence-electron chi connectivity index (χ2n) is 27.6. The number of hydrogen-bond acceptors (Lipinski definition) is 4. The van der Waals surface area contributed by atoms with Gasteiger partial charge in [0.25, 0.3) is 0 Å². The highest BCUT2D eigenvalue weighted by Crippen LogP contribution is 2.54. The maximum absolute atomic E-state index is 7.27. The van der Waals surface area contributed by atoms with Crippen LogP contribution in [0, 0.1) is 13.8 Å². The van der Waals surface area contributed by atoms with Crippen LogP contribution in [-0.2, 0) is 21.7 Å². The van der Waals surface area contributed by atoms with Gasteiger partial charge in [-0.25, -0.2) is 0 Å². The van der Waals surface area contributed by atoms with Gasteiger partial charge in [0.1, 0.15) is 5.58 Å². The molecule has 0 atom stereocenters. The highest BCUT2D eigenvalue weighted by molar-refractivity contribution is 6.94. The second kappa shape index (κ2) is 19.6. The fourth-order valence-corrected chi connectivity index (χ4v) is 13.1. The predicted molar refractivity (Wildman–Crippen MR) is 357 cm³/mol. The Labute approximate surface area is 493 Å². The summed E-state index contributed by atoms with van der Waals surface area (Å²) in [5.41, 5.74) is 27.6. The van der Waals surface area contributed by atoms with Crippen molar-refractivity contribution in [3.8, 4) is 33.4 Å². The summed E-state index contributed by atoms with van der Waals surface area (Å²) in [6, 6.07) is 78.3. The minimum absolute atomic E-state index is 0.0436. The van der Waals surface area contributed by atoms with Gasteiger partial charge in [-0.05, 0) is 193 Å². The maximum atomic E-state index is 7.27. The lowest BCUT2D eigenvalue weighted by atomic mass is 9.43. The molecule has 4 nitrogen and oxygen atoms in total.